The molecule has 218 valence electrons. The number of ether oxygens (including phenoxy) is 3. The van der Waals surface area contributed by atoms with Crippen LogP contribution in [0, 0.1) is 0 Å². The Balaban J connectivity index is 1.91. The van der Waals surface area contributed by atoms with Crippen LogP contribution in [0.1, 0.15) is 96.1 Å². The molecule has 2 rings (SSSR count). The monoisotopic (exact) mass is 547 g/mol. The molecule has 1 aliphatic heterocycles. The minimum absolute atomic E-state index is 0.0300. The molecule has 1 aromatic rings. The Morgan fingerprint density at radius 2 is 1.54 bits per heavy atom. The van der Waals surface area contributed by atoms with Crippen molar-refractivity contribution in [2.24, 2.45) is 0 Å². The van der Waals surface area contributed by atoms with Crippen LogP contribution in [-0.2, 0) is 23.8 Å². The first-order valence-electron chi connectivity index (χ1n) is 14.1. The molecular formula is C29H45N3O7. The van der Waals surface area contributed by atoms with Gasteiger partial charge < -0.3 is 25.1 Å². The van der Waals surface area contributed by atoms with E-state index in [9.17, 15) is 19.5 Å². The number of aliphatic hydroxyl groups is 1. The second kappa shape index (κ2) is 18.3. The van der Waals surface area contributed by atoms with Gasteiger partial charge in [-0.2, -0.15) is 4.98 Å². The van der Waals surface area contributed by atoms with Crippen molar-refractivity contribution in [3.05, 3.63) is 48.1 Å². The number of carbonyl (C=O) groups is 2. The van der Waals surface area contributed by atoms with E-state index in [1.807, 2.05) is 12.2 Å². The quantitative estimate of drug-likeness (QED) is 0.138. The smallest absolute Gasteiger partial charge is 0.351 e. The molecule has 1 saturated heterocycles. The molecular weight excluding hydrogens is 502 g/mol. The highest BCUT2D eigenvalue weighted by atomic mass is 16.6. The zero-order chi connectivity index (χ0) is 28.5. The highest BCUT2D eigenvalue weighted by Crippen LogP contribution is 2.31. The van der Waals surface area contributed by atoms with Crippen molar-refractivity contribution in [1.82, 2.24) is 9.55 Å². The molecule has 10 heteroatoms. The number of nitrogens with two attached hydrogens (primary N) is 1. The second-order valence-corrected chi connectivity index (χ2v) is 9.93. The van der Waals surface area contributed by atoms with Gasteiger partial charge in [0.05, 0.1) is 0 Å². The minimum Gasteiger partial charge on any atom is -0.463 e. The zero-order valence-corrected chi connectivity index (χ0v) is 23.0. The summed E-state index contributed by atoms with van der Waals surface area (Å²) in [7, 11) is 0. The van der Waals surface area contributed by atoms with Crippen LogP contribution in [0.5, 0.6) is 0 Å². The van der Waals surface area contributed by atoms with Crippen molar-refractivity contribution in [2.45, 2.75) is 114 Å². The summed E-state index contributed by atoms with van der Waals surface area (Å²) in [5.74, 6) is -0.845. The summed E-state index contributed by atoms with van der Waals surface area (Å²) in [6.07, 6.45) is 12.6. The van der Waals surface area contributed by atoms with Crippen LogP contribution in [0.4, 0.5) is 5.82 Å². The van der Waals surface area contributed by atoms with Crippen LogP contribution in [0.25, 0.3) is 0 Å². The normalized spacial score (nSPS) is 20.4. The predicted molar refractivity (Wildman–Crippen MR) is 149 cm³/mol. The van der Waals surface area contributed by atoms with E-state index in [0.717, 1.165) is 68.8 Å². The van der Waals surface area contributed by atoms with Crippen molar-refractivity contribution < 1.29 is 28.9 Å². The molecule has 0 bridgehead atoms. The lowest BCUT2D eigenvalue weighted by atomic mass is 10.1. The Hall–Kier alpha value is -2.98. The van der Waals surface area contributed by atoms with Gasteiger partial charge in [0.15, 0.2) is 12.3 Å². The summed E-state index contributed by atoms with van der Waals surface area (Å²) < 4.78 is 17.9. The summed E-state index contributed by atoms with van der Waals surface area (Å²) in [4.78, 5) is 40.9. The number of allylic oxidation sites excluding steroid dienone is 2. The Morgan fingerprint density at radius 3 is 2.13 bits per heavy atom. The molecule has 0 aromatic carbocycles. The highest BCUT2D eigenvalue weighted by molar-refractivity contribution is 5.70. The maximum Gasteiger partial charge on any atom is 0.351 e. The van der Waals surface area contributed by atoms with E-state index >= 15 is 0 Å². The fourth-order valence-corrected chi connectivity index (χ4v) is 4.48. The zero-order valence-electron chi connectivity index (χ0n) is 23.0. The van der Waals surface area contributed by atoms with Gasteiger partial charge in [0.25, 0.3) is 0 Å². The molecule has 3 N–H and O–H groups in total. The Bertz CT molecular complexity index is 964. The van der Waals surface area contributed by atoms with Crippen LogP contribution >= 0.6 is 0 Å². The third-order valence-electron chi connectivity index (χ3n) is 6.69. The third-order valence-corrected chi connectivity index (χ3v) is 6.69. The van der Waals surface area contributed by atoms with Crippen molar-refractivity contribution >= 4 is 17.8 Å². The van der Waals surface area contributed by atoms with E-state index in [4.69, 9.17) is 19.9 Å². The number of rotatable bonds is 20. The van der Waals surface area contributed by atoms with Crippen LogP contribution in [0.3, 0.4) is 0 Å². The first-order chi connectivity index (χ1) is 18.9. The average molecular weight is 548 g/mol. The molecule has 1 fully saturated rings. The van der Waals surface area contributed by atoms with Gasteiger partial charge in [0.1, 0.15) is 24.6 Å². The molecule has 39 heavy (non-hydrogen) atoms. The van der Waals surface area contributed by atoms with Gasteiger partial charge in [-0.15, -0.1) is 13.2 Å². The van der Waals surface area contributed by atoms with Gasteiger partial charge in [-0.25, -0.2) is 4.79 Å². The minimum atomic E-state index is -1.37. The molecule has 0 radical (unpaired) electrons. The number of esters is 2. The fourth-order valence-electron chi connectivity index (χ4n) is 4.48. The van der Waals surface area contributed by atoms with Gasteiger partial charge in [0, 0.05) is 19.0 Å². The van der Waals surface area contributed by atoms with E-state index in [0.29, 0.717) is 12.8 Å². The van der Waals surface area contributed by atoms with Gasteiger partial charge in [-0.1, -0.05) is 50.7 Å². The van der Waals surface area contributed by atoms with Gasteiger partial charge in [-0.05, 0) is 44.6 Å². The maximum atomic E-state index is 12.6. The molecule has 1 aliphatic rings. The number of unbranched alkanes of at least 4 members (excludes halogenated alkanes) is 10. The van der Waals surface area contributed by atoms with E-state index < -0.39 is 42.2 Å². The van der Waals surface area contributed by atoms with E-state index in [-0.39, 0.29) is 25.3 Å². The fraction of sp³-hybridized carbons (Fsp3) is 0.655. The summed E-state index contributed by atoms with van der Waals surface area (Å²) in [5, 5.41) is 11.0. The Morgan fingerprint density at radius 1 is 0.974 bits per heavy atom. The lowest BCUT2D eigenvalue weighted by molar-refractivity contribution is -0.160. The SMILES string of the molecule is C=CCCCCCCCC(=O)OC[C@H]1O[C@@H](n2ccc(N)nc2=O)[C@@H](O)[C@@H]1OC(=O)CCCCCCCC=C. The third kappa shape index (κ3) is 11.7. The van der Waals surface area contributed by atoms with E-state index in [2.05, 4.69) is 18.1 Å². The number of aliphatic hydroxyl groups excluding tert-OH is 1. The standard InChI is InChI=1S/C29H45N3O7/c1-3-5-7-9-11-13-15-17-24(33)37-21-22-27(39-25(34)18-16-14-12-10-8-6-4-2)26(35)28(38-22)32-20-19-23(30)31-29(32)36/h3-4,19-20,22,26-28,35H,1-2,5-18,21H2,(H2,30,31,36)/t22-,26+,27-,28-/m1/s1. The molecule has 0 unspecified atom stereocenters. The number of hydrogen-bond acceptors (Lipinski definition) is 9. The van der Waals surface area contributed by atoms with Crippen molar-refractivity contribution in [1.29, 1.82) is 0 Å². The molecule has 2 heterocycles. The van der Waals surface area contributed by atoms with Crippen LogP contribution in [0.2, 0.25) is 0 Å². The molecule has 0 saturated carbocycles. The van der Waals surface area contributed by atoms with Gasteiger partial charge in [0.2, 0.25) is 0 Å². The lowest BCUT2D eigenvalue weighted by Gasteiger charge is -2.21. The number of anilines is 1. The highest BCUT2D eigenvalue weighted by Gasteiger charge is 2.48. The molecule has 1 aromatic heterocycles. The molecule has 10 nitrogen and oxygen atoms in total. The van der Waals surface area contributed by atoms with Crippen LogP contribution < -0.4 is 11.4 Å². The largest absolute Gasteiger partial charge is 0.463 e. The molecule has 0 amide bonds. The van der Waals surface area contributed by atoms with Gasteiger partial charge >= 0.3 is 17.6 Å². The lowest BCUT2D eigenvalue weighted by Crippen LogP contribution is -2.39. The molecule has 0 aliphatic carbocycles. The molecule has 0 spiro atoms. The second-order valence-electron chi connectivity index (χ2n) is 9.93. The summed E-state index contributed by atoms with van der Waals surface area (Å²) in [5.41, 5.74) is 4.86. The maximum absolute atomic E-state index is 12.6. The Labute approximate surface area is 231 Å². The van der Waals surface area contributed by atoms with Crippen LogP contribution in [-0.4, -0.2) is 51.5 Å². The number of aromatic nitrogens is 2. The molecule has 4 atom stereocenters. The summed E-state index contributed by atoms with van der Waals surface area (Å²) in [6, 6.07) is 1.40. The Kier molecular flexibility index (Phi) is 15.2. The summed E-state index contributed by atoms with van der Waals surface area (Å²) >= 11 is 0. The van der Waals surface area contributed by atoms with Gasteiger partial charge in [-0.3, -0.25) is 14.2 Å². The number of carbonyl (C=O) groups excluding carboxylic acids is 2. The van der Waals surface area contributed by atoms with E-state index in [1.54, 1.807) is 0 Å². The van der Waals surface area contributed by atoms with Crippen molar-refractivity contribution in [3.8, 4) is 0 Å². The van der Waals surface area contributed by atoms with Crippen LogP contribution in [0.15, 0.2) is 42.4 Å². The number of hydrogen-bond donors (Lipinski definition) is 2. The topological polar surface area (TPSA) is 143 Å². The number of nitrogen functional groups attached to an aromatic ring is 1. The average Bonchev–Trinajstić information content (AvgIpc) is 3.21. The summed E-state index contributed by atoms with van der Waals surface area (Å²) in [6.45, 7) is 7.21. The van der Waals surface area contributed by atoms with Crippen molar-refractivity contribution in [3.63, 3.8) is 0 Å². The predicted octanol–water partition coefficient (Wildman–Crippen LogP) is 4.37. The number of nitrogens with zero attached hydrogens (tertiary/aromatic N) is 2. The first kappa shape index (κ1) is 32.2. The van der Waals surface area contributed by atoms with E-state index in [1.165, 1.54) is 12.3 Å². The van der Waals surface area contributed by atoms with Crippen molar-refractivity contribution in [2.75, 3.05) is 12.3 Å². The first-order valence-corrected chi connectivity index (χ1v) is 14.1.